The molecule has 0 aliphatic rings. The van der Waals surface area contributed by atoms with E-state index in [0.717, 1.165) is 19.4 Å². The van der Waals surface area contributed by atoms with Gasteiger partial charge in [0, 0.05) is 18.7 Å². The van der Waals surface area contributed by atoms with Crippen LogP contribution >= 0.6 is 27.5 Å². The van der Waals surface area contributed by atoms with Crippen molar-refractivity contribution in [3.63, 3.8) is 0 Å². The summed E-state index contributed by atoms with van der Waals surface area (Å²) in [6.45, 7) is 5.52. The Hall–Kier alpha value is -0.320. The van der Waals surface area contributed by atoms with Crippen LogP contribution in [0.4, 0.5) is 4.39 Å². The molecule has 0 radical (unpaired) electrons. The average Bonchev–Trinajstić information content (AvgIpc) is 2.31. The Bertz CT molecular complexity index is 389. The van der Waals surface area contributed by atoms with Gasteiger partial charge in [-0.1, -0.05) is 24.9 Å². The normalized spacial score (nSPS) is 12.5. The molecule has 102 valence electrons. The Labute approximate surface area is 121 Å². The largest absolute Gasteiger partial charge is 0.491 e. The van der Waals surface area contributed by atoms with Crippen LogP contribution in [-0.2, 0) is 0 Å². The van der Waals surface area contributed by atoms with Crippen LogP contribution in [0.2, 0.25) is 5.02 Å². The van der Waals surface area contributed by atoms with Crippen LogP contribution in [0, 0.1) is 5.82 Å². The van der Waals surface area contributed by atoms with Crippen molar-refractivity contribution in [2.75, 3.05) is 13.2 Å². The van der Waals surface area contributed by atoms with Gasteiger partial charge in [0.2, 0.25) is 0 Å². The van der Waals surface area contributed by atoms with E-state index in [-0.39, 0.29) is 5.02 Å². The van der Waals surface area contributed by atoms with Crippen molar-refractivity contribution < 1.29 is 9.13 Å². The number of hydrogen-bond donors (Lipinski definition) is 1. The predicted molar refractivity (Wildman–Crippen MR) is 77.0 cm³/mol. The Kier molecular flexibility index (Phi) is 6.97. The average molecular weight is 339 g/mol. The van der Waals surface area contributed by atoms with Gasteiger partial charge in [0.15, 0.2) is 0 Å². The molecule has 1 N–H and O–H groups in total. The Morgan fingerprint density at radius 3 is 2.89 bits per heavy atom. The van der Waals surface area contributed by atoms with E-state index in [4.69, 9.17) is 16.3 Å². The molecule has 0 aliphatic carbocycles. The number of ether oxygens (including phenoxy) is 1. The summed E-state index contributed by atoms with van der Waals surface area (Å²) in [5.74, 6) is 0.00372. The number of benzene rings is 1. The zero-order valence-corrected chi connectivity index (χ0v) is 12.9. The fourth-order valence-corrected chi connectivity index (χ4v) is 2.37. The lowest BCUT2D eigenvalue weighted by atomic mass is 10.2. The maximum Gasteiger partial charge on any atom is 0.145 e. The zero-order valence-electron chi connectivity index (χ0n) is 10.6. The first-order chi connectivity index (χ1) is 8.54. The summed E-state index contributed by atoms with van der Waals surface area (Å²) in [7, 11) is 0. The maximum atomic E-state index is 13.2. The van der Waals surface area contributed by atoms with Gasteiger partial charge in [-0.15, -0.1) is 0 Å². The molecule has 5 heteroatoms. The van der Waals surface area contributed by atoms with E-state index >= 15 is 0 Å². The lowest BCUT2D eigenvalue weighted by Crippen LogP contribution is -2.30. The number of nitrogens with one attached hydrogen (secondary N) is 1. The molecule has 0 saturated carbocycles. The van der Waals surface area contributed by atoms with Crippen LogP contribution in [0.3, 0.4) is 0 Å². The fourth-order valence-electron chi connectivity index (χ4n) is 1.62. The van der Waals surface area contributed by atoms with Crippen LogP contribution in [0.1, 0.15) is 26.7 Å². The first kappa shape index (κ1) is 15.7. The van der Waals surface area contributed by atoms with E-state index in [9.17, 15) is 4.39 Å². The van der Waals surface area contributed by atoms with Gasteiger partial charge in [-0.2, -0.15) is 0 Å². The highest BCUT2D eigenvalue weighted by molar-refractivity contribution is 9.10. The molecule has 0 bridgehead atoms. The standard InChI is InChI=1S/C13H18BrClFNO/c1-3-4-9(2)17-5-6-18-13-8-12(16)11(15)7-10(13)14/h7-9,17H,3-6H2,1-2H3. The monoisotopic (exact) mass is 337 g/mol. The highest BCUT2D eigenvalue weighted by Crippen LogP contribution is 2.30. The molecule has 0 saturated heterocycles. The molecule has 0 spiro atoms. The zero-order chi connectivity index (χ0) is 13.5. The highest BCUT2D eigenvalue weighted by Gasteiger charge is 2.07. The van der Waals surface area contributed by atoms with Gasteiger partial charge in [-0.05, 0) is 35.3 Å². The third-order valence-electron chi connectivity index (χ3n) is 2.55. The third kappa shape index (κ3) is 5.12. The summed E-state index contributed by atoms with van der Waals surface area (Å²) in [5, 5.41) is 3.43. The molecule has 1 rings (SSSR count). The van der Waals surface area contributed by atoms with Gasteiger partial charge >= 0.3 is 0 Å². The van der Waals surface area contributed by atoms with Crippen molar-refractivity contribution >= 4 is 27.5 Å². The molecule has 0 aromatic heterocycles. The van der Waals surface area contributed by atoms with E-state index in [1.165, 1.54) is 12.1 Å². The summed E-state index contributed by atoms with van der Waals surface area (Å²) in [6, 6.07) is 3.27. The van der Waals surface area contributed by atoms with E-state index in [1.807, 2.05) is 0 Å². The van der Waals surface area contributed by atoms with Crippen LogP contribution in [0.25, 0.3) is 0 Å². The topological polar surface area (TPSA) is 21.3 Å². The molecular formula is C13H18BrClFNO. The first-order valence-corrected chi connectivity index (χ1v) is 7.22. The van der Waals surface area contributed by atoms with E-state index in [1.54, 1.807) is 0 Å². The van der Waals surface area contributed by atoms with Crippen LogP contribution in [0.5, 0.6) is 5.75 Å². The predicted octanol–water partition coefficient (Wildman–Crippen LogP) is 4.40. The van der Waals surface area contributed by atoms with Crippen molar-refractivity contribution in [3.05, 3.63) is 27.4 Å². The van der Waals surface area contributed by atoms with Gasteiger partial charge in [-0.25, -0.2) is 4.39 Å². The molecule has 1 atom stereocenters. The maximum absolute atomic E-state index is 13.2. The van der Waals surface area contributed by atoms with Gasteiger partial charge in [-0.3, -0.25) is 0 Å². The summed E-state index contributed by atoms with van der Waals surface area (Å²) in [5.41, 5.74) is 0. The molecule has 0 heterocycles. The van der Waals surface area contributed by atoms with Crippen molar-refractivity contribution in [2.45, 2.75) is 32.7 Å². The van der Waals surface area contributed by atoms with E-state index < -0.39 is 5.82 Å². The molecule has 0 fully saturated rings. The van der Waals surface area contributed by atoms with Crippen LogP contribution < -0.4 is 10.1 Å². The van der Waals surface area contributed by atoms with Gasteiger partial charge in [0.05, 0.1) is 9.50 Å². The van der Waals surface area contributed by atoms with Crippen molar-refractivity contribution in [1.29, 1.82) is 0 Å². The second-order valence-corrected chi connectivity index (χ2v) is 5.45. The second-order valence-electron chi connectivity index (χ2n) is 4.19. The fraction of sp³-hybridized carbons (Fsp3) is 0.538. The first-order valence-electron chi connectivity index (χ1n) is 6.05. The Morgan fingerprint density at radius 2 is 2.22 bits per heavy atom. The Balaban J connectivity index is 2.38. The summed E-state index contributed by atoms with van der Waals surface area (Å²) in [4.78, 5) is 0. The second kappa shape index (κ2) is 7.97. The van der Waals surface area contributed by atoms with E-state index in [0.29, 0.717) is 22.9 Å². The number of hydrogen-bond acceptors (Lipinski definition) is 2. The van der Waals surface area contributed by atoms with E-state index in [2.05, 4.69) is 35.1 Å². The molecule has 18 heavy (non-hydrogen) atoms. The number of halogens is 3. The number of rotatable bonds is 7. The van der Waals surface area contributed by atoms with Crippen LogP contribution in [-0.4, -0.2) is 19.2 Å². The van der Waals surface area contributed by atoms with Crippen molar-refractivity contribution in [2.24, 2.45) is 0 Å². The molecule has 1 unspecified atom stereocenters. The minimum atomic E-state index is -0.470. The Morgan fingerprint density at radius 1 is 1.50 bits per heavy atom. The van der Waals surface area contributed by atoms with Gasteiger partial charge < -0.3 is 10.1 Å². The lowest BCUT2D eigenvalue weighted by Gasteiger charge is -2.14. The SMILES string of the molecule is CCCC(C)NCCOc1cc(F)c(Cl)cc1Br. The third-order valence-corrected chi connectivity index (χ3v) is 3.46. The highest BCUT2D eigenvalue weighted by atomic mass is 79.9. The molecule has 1 aromatic rings. The van der Waals surface area contributed by atoms with Gasteiger partial charge in [0.1, 0.15) is 18.2 Å². The minimum absolute atomic E-state index is 0.0870. The smallest absolute Gasteiger partial charge is 0.145 e. The van der Waals surface area contributed by atoms with Crippen LogP contribution in [0.15, 0.2) is 16.6 Å². The summed E-state index contributed by atoms with van der Waals surface area (Å²) in [6.07, 6.45) is 2.29. The van der Waals surface area contributed by atoms with Crippen molar-refractivity contribution in [1.82, 2.24) is 5.32 Å². The molecule has 1 aromatic carbocycles. The molecular weight excluding hydrogens is 321 g/mol. The minimum Gasteiger partial charge on any atom is -0.491 e. The lowest BCUT2D eigenvalue weighted by molar-refractivity contribution is 0.302. The summed E-state index contributed by atoms with van der Waals surface area (Å²) < 4.78 is 19.4. The molecule has 0 amide bonds. The van der Waals surface area contributed by atoms with Crippen molar-refractivity contribution in [3.8, 4) is 5.75 Å². The quantitative estimate of drug-likeness (QED) is 0.588. The molecule has 2 nitrogen and oxygen atoms in total. The molecule has 0 aliphatic heterocycles. The van der Waals surface area contributed by atoms with Gasteiger partial charge in [0.25, 0.3) is 0 Å². The summed E-state index contributed by atoms with van der Waals surface area (Å²) >= 11 is 8.94.